The molecule has 1 aromatic carbocycles. The van der Waals surface area contributed by atoms with Crippen LogP contribution < -0.4 is 0 Å². The number of ether oxygens (including phenoxy) is 1. The second-order valence-corrected chi connectivity index (χ2v) is 3.29. The monoisotopic (exact) mass is 191 g/mol. The Hall–Kier alpha value is -1.31. The number of rotatable bonds is 6. The first-order valence-electron chi connectivity index (χ1n) is 4.92. The van der Waals surface area contributed by atoms with Crippen LogP contribution in [0.15, 0.2) is 30.3 Å². The maximum absolute atomic E-state index is 10.00. The summed E-state index contributed by atoms with van der Waals surface area (Å²) in [5.74, 6) is 0.308. The van der Waals surface area contributed by atoms with Gasteiger partial charge in [-0.15, -0.1) is 0 Å². The molecule has 0 saturated carbocycles. The van der Waals surface area contributed by atoms with Gasteiger partial charge in [-0.05, 0) is 12.0 Å². The Morgan fingerprint density at radius 2 is 2.07 bits per heavy atom. The van der Waals surface area contributed by atoms with Gasteiger partial charge in [-0.3, -0.25) is 0 Å². The molecule has 0 heterocycles. The van der Waals surface area contributed by atoms with Gasteiger partial charge in [0.1, 0.15) is 0 Å². The van der Waals surface area contributed by atoms with Crippen molar-refractivity contribution in [3.63, 3.8) is 0 Å². The number of carbonyl (C=O) groups excluding carboxylic acids is 1. The summed E-state index contributed by atoms with van der Waals surface area (Å²) >= 11 is 0. The Kier molecular flexibility index (Phi) is 4.76. The molecule has 0 aliphatic rings. The van der Waals surface area contributed by atoms with Crippen LogP contribution in [0.25, 0.3) is 0 Å². The lowest BCUT2D eigenvalue weighted by Crippen LogP contribution is -2.06. The zero-order valence-corrected chi connectivity index (χ0v) is 8.40. The summed E-state index contributed by atoms with van der Waals surface area (Å²) in [4.78, 5) is 10.00. The molecule has 75 valence electrons. The third-order valence-corrected chi connectivity index (χ3v) is 2.25. The highest BCUT2D eigenvalue weighted by Crippen LogP contribution is 2.20. The topological polar surface area (TPSA) is 26.3 Å². The lowest BCUT2D eigenvalue weighted by Gasteiger charge is -2.14. The smallest absolute Gasteiger partial charge is 0.417 e. The normalized spacial score (nSPS) is 12.1. The Morgan fingerprint density at radius 3 is 2.64 bits per heavy atom. The van der Waals surface area contributed by atoms with Gasteiger partial charge in [0.25, 0.3) is 0 Å². The van der Waals surface area contributed by atoms with Gasteiger partial charge in [-0.1, -0.05) is 43.7 Å². The van der Waals surface area contributed by atoms with Crippen LogP contribution in [0.1, 0.15) is 31.2 Å². The summed E-state index contributed by atoms with van der Waals surface area (Å²) in [6.07, 6.45) is 2.12. The van der Waals surface area contributed by atoms with Crippen LogP contribution in [-0.4, -0.2) is 13.1 Å². The first-order valence-corrected chi connectivity index (χ1v) is 4.92. The predicted molar refractivity (Wildman–Crippen MR) is 55.7 cm³/mol. The second-order valence-electron chi connectivity index (χ2n) is 3.29. The van der Waals surface area contributed by atoms with E-state index < -0.39 is 0 Å². The largest absolute Gasteiger partial charge is 0.457 e. The summed E-state index contributed by atoms with van der Waals surface area (Å²) in [6.45, 7) is 4.03. The van der Waals surface area contributed by atoms with Gasteiger partial charge in [-0.2, -0.15) is 0 Å². The number of benzene rings is 1. The van der Waals surface area contributed by atoms with Gasteiger partial charge in [0.05, 0.1) is 6.61 Å². The molecule has 1 atom stereocenters. The van der Waals surface area contributed by atoms with E-state index >= 15 is 0 Å². The van der Waals surface area contributed by atoms with E-state index in [-0.39, 0.29) is 0 Å². The molecule has 1 radical (unpaired) electrons. The minimum absolute atomic E-state index is 0.308. The zero-order valence-electron chi connectivity index (χ0n) is 8.40. The molecule has 0 aliphatic heterocycles. The van der Waals surface area contributed by atoms with E-state index in [0.717, 1.165) is 12.8 Å². The standard InChI is InChI=1S/C12H15O2/c1-2-6-12(9-14-10-13)11-7-4-3-5-8-11/h3-5,7-8,12H,2,6,9H2,1H3. The molecule has 0 spiro atoms. The molecule has 0 N–H and O–H groups in total. The molecular weight excluding hydrogens is 176 g/mol. The molecule has 1 aromatic rings. The first kappa shape index (κ1) is 10.8. The van der Waals surface area contributed by atoms with Crippen LogP contribution in [0.5, 0.6) is 0 Å². The van der Waals surface area contributed by atoms with Crippen molar-refractivity contribution in [3.05, 3.63) is 35.9 Å². The lowest BCUT2D eigenvalue weighted by molar-refractivity contribution is 0.249. The fourth-order valence-electron chi connectivity index (χ4n) is 1.55. The van der Waals surface area contributed by atoms with Crippen LogP contribution in [0.4, 0.5) is 0 Å². The summed E-state index contributed by atoms with van der Waals surface area (Å²) in [5, 5.41) is 0. The van der Waals surface area contributed by atoms with Gasteiger partial charge in [0, 0.05) is 5.92 Å². The van der Waals surface area contributed by atoms with E-state index in [1.54, 1.807) is 0 Å². The molecule has 1 rings (SSSR count). The highest BCUT2D eigenvalue weighted by atomic mass is 16.5. The van der Waals surface area contributed by atoms with E-state index in [2.05, 4.69) is 19.1 Å². The molecule has 0 fully saturated rings. The van der Waals surface area contributed by atoms with Crippen molar-refractivity contribution in [1.82, 2.24) is 0 Å². The SMILES string of the molecule is CCCC(CO[C]=O)c1ccccc1. The quantitative estimate of drug-likeness (QED) is 0.691. The maximum Gasteiger partial charge on any atom is 0.417 e. The van der Waals surface area contributed by atoms with Crippen molar-refractivity contribution in [2.45, 2.75) is 25.7 Å². The van der Waals surface area contributed by atoms with Crippen molar-refractivity contribution in [2.24, 2.45) is 0 Å². The molecule has 0 amide bonds. The van der Waals surface area contributed by atoms with Gasteiger partial charge in [0.15, 0.2) is 0 Å². The molecular formula is C12H15O2. The molecule has 0 aliphatic carbocycles. The highest BCUT2D eigenvalue weighted by molar-refractivity contribution is 5.38. The van der Waals surface area contributed by atoms with Crippen molar-refractivity contribution < 1.29 is 9.53 Å². The molecule has 2 heteroatoms. The van der Waals surface area contributed by atoms with Crippen LogP contribution in [0.2, 0.25) is 0 Å². The van der Waals surface area contributed by atoms with E-state index in [1.165, 1.54) is 12.0 Å². The van der Waals surface area contributed by atoms with Crippen LogP contribution in [0, 0.1) is 0 Å². The third-order valence-electron chi connectivity index (χ3n) is 2.25. The molecule has 1 unspecified atom stereocenters. The molecule has 0 bridgehead atoms. The predicted octanol–water partition coefficient (Wildman–Crippen LogP) is 2.65. The molecule has 0 saturated heterocycles. The fourth-order valence-corrected chi connectivity index (χ4v) is 1.55. The first-order chi connectivity index (χ1) is 6.88. The highest BCUT2D eigenvalue weighted by Gasteiger charge is 2.10. The van der Waals surface area contributed by atoms with Crippen LogP contribution in [0.3, 0.4) is 0 Å². The van der Waals surface area contributed by atoms with Crippen LogP contribution in [-0.2, 0) is 9.53 Å². The molecule has 0 aromatic heterocycles. The van der Waals surface area contributed by atoms with E-state index in [4.69, 9.17) is 4.74 Å². The Labute approximate surface area is 84.9 Å². The van der Waals surface area contributed by atoms with Crippen molar-refractivity contribution in [3.8, 4) is 0 Å². The van der Waals surface area contributed by atoms with E-state index in [9.17, 15) is 4.79 Å². The Bertz CT molecular complexity index is 256. The third kappa shape index (κ3) is 3.21. The average molecular weight is 191 g/mol. The minimum atomic E-state index is 0.308. The Morgan fingerprint density at radius 1 is 1.36 bits per heavy atom. The minimum Gasteiger partial charge on any atom is -0.457 e. The lowest BCUT2D eigenvalue weighted by atomic mass is 9.95. The van der Waals surface area contributed by atoms with Gasteiger partial charge in [-0.25, -0.2) is 4.79 Å². The summed E-state index contributed by atoms with van der Waals surface area (Å²) in [6, 6.07) is 10.1. The average Bonchev–Trinajstić information content (AvgIpc) is 2.25. The molecule has 14 heavy (non-hydrogen) atoms. The van der Waals surface area contributed by atoms with Crippen molar-refractivity contribution in [2.75, 3.05) is 6.61 Å². The van der Waals surface area contributed by atoms with E-state index in [1.807, 2.05) is 18.2 Å². The summed E-state index contributed by atoms with van der Waals surface area (Å²) < 4.78 is 4.70. The number of hydrogen-bond donors (Lipinski definition) is 0. The van der Waals surface area contributed by atoms with Gasteiger partial charge in [0.2, 0.25) is 0 Å². The van der Waals surface area contributed by atoms with Gasteiger partial charge >= 0.3 is 6.47 Å². The second kappa shape index (κ2) is 6.19. The maximum atomic E-state index is 10.00. The number of hydrogen-bond acceptors (Lipinski definition) is 2. The van der Waals surface area contributed by atoms with E-state index in [0.29, 0.717) is 12.5 Å². The van der Waals surface area contributed by atoms with Crippen LogP contribution >= 0.6 is 0 Å². The fraction of sp³-hybridized carbons (Fsp3) is 0.417. The van der Waals surface area contributed by atoms with Crippen molar-refractivity contribution in [1.29, 1.82) is 0 Å². The van der Waals surface area contributed by atoms with Gasteiger partial charge < -0.3 is 4.74 Å². The summed E-state index contributed by atoms with van der Waals surface area (Å²) in [5.41, 5.74) is 1.23. The molecule has 2 nitrogen and oxygen atoms in total. The summed E-state index contributed by atoms with van der Waals surface area (Å²) in [7, 11) is 0. The Balaban J connectivity index is 2.62. The zero-order chi connectivity index (χ0) is 10.2. The van der Waals surface area contributed by atoms with Crippen molar-refractivity contribution >= 4 is 6.47 Å².